The third kappa shape index (κ3) is 5.33. The Morgan fingerprint density at radius 2 is 2.11 bits per heavy atom. The molecule has 1 aromatic carbocycles. The molecule has 0 aliphatic carbocycles. The first-order chi connectivity index (χ1) is 9.22. The van der Waals surface area contributed by atoms with Crippen molar-refractivity contribution in [1.29, 1.82) is 0 Å². The summed E-state index contributed by atoms with van der Waals surface area (Å²) in [5, 5.41) is 3.22. The average molecular weight is 283 g/mol. The maximum Gasteiger partial charge on any atom is 0.161 e. The average Bonchev–Trinajstić information content (AvgIpc) is 2.46. The Morgan fingerprint density at radius 3 is 2.74 bits per heavy atom. The number of nitrogens with one attached hydrogen (secondary N) is 1. The molecular formula is C15H25NO2S. The van der Waals surface area contributed by atoms with Crippen molar-refractivity contribution in [3.63, 3.8) is 0 Å². The van der Waals surface area contributed by atoms with Gasteiger partial charge in [0.1, 0.15) is 0 Å². The monoisotopic (exact) mass is 283 g/mol. The second kappa shape index (κ2) is 9.10. The van der Waals surface area contributed by atoms with Crippen LogP contribution in [0.3, 0.4) is 0 Å². The molecule has 0 heterocycles. The Morgan fingerprint density at radius 1 is 1.32 bits per heavy atom. The minimum atomic E-state index is 0.309. The number of ether oxygens (including phenoxy) is 2. The van der Waals surface area contributed by atoms with E-state index in [4.69, 9.17) is 9.47 Å². The second-order valence-corrected chi connectivity index (χ2v) is 5.71. The van der Waals surface area contributed by atoms with Gasteiger partial charge in [0.2, 0.25) is 0 Å². The van der Waals surface area contributed by atoms with Crippen LogP contribution >= 0.6 is 11.8 Å². The fraction of sp³-hybridized carbons (Fsp3) is 0.600. The molecule has 0 spiro atoms. The van der Waals surface area contributed by atoms with Crippen molar-refractivity contribution in [3.8, 4) is 11.5 Å². The summed E-state index contributed by atoms with van der Waals surface area (Å²) >= 11 is 1.94. The third-order valence-electron chi connectivity index (χ3n) is 3.02. The van der Waals surface area contributed by atoms with Crippen molar-refractivity contribution in [2.24, 2.45) is 0 Å². The molecule has 0 saturated heterocycles. The van der Waals surface area contributed by atoms with Crippen LogP contribution in [-0.2, 0) is 0 Å². The molecular weight excluding hydrogens is 258 g/mol. The highest BCUT2D eigenvalue weighted by Crippen LogP contribution is 2.30. The molecule has 1 atom stereocenters. The standard InChI is InChI=1S/C15H25NO2S/c1-5-19-10-6-9-18-14-8-7-13(12(2)16-3)11-15(14)17-4/h7-8,11-12,16H,5-6,9-10H2,1-4H3. The molecule has 108 valence electrons. The Bertz CT molecular complexity index is 371. The van der Waals surface area contributed by atoms with Crippen molar-refractivity contribution in [3.05, 3.63) is 23.8 Å². The van der Waals surface area contributed by atoms with Gasteiger partial charge in [0.25, 0.3) is 0 Å². The lowest BCUT2D eigenvalue weighted by Gasteiger charge is -2.15. The molecule has 0 aliphatic heterocycles. The van der Waals surface area contributed by atoms with Crippen LogP contribution in [0.2, 0.25) is 0 Å². The molecule has 19 heavy (non-hydrogen) atoms. The summed E-state index contributed by atoms with van der Waals surface area (Å²) in [6.45, 7) is 5.04. The first kappa shape index (κ1) is 16.2. The summed E-state index contributed by atoms with van der Waals surface area (Å²) < 4.78 is 11.2. The van der Waals surface area contributed by atoms with Crippen LogP contribution in [0.4, 0.5) is 0 Å². The fourth-order valence-corrected chi connectivity index (χ4v) is 2.34. The maximum atomic E-state index is 5.78. The van der Waals surface area contributed by atoms with Crippen LogP contribution in [0.1, 0.15) is 31.9 Å². The van der Waals surface area contributed by atoms with E-state index in [9.17, 15) is 0 Å². The number of rotatable bonds is 9. The van der Waals surface area contributed by atoms with E-state index in [-0.39, 0.29) is 0 Å². The van der Waals surface area contributed by atoms with Gasteiger partial charge in [-0.05, 0) is 49.6 Å². The van der Waals surface area contributed by atoms with Gasteiger partial charge < -0.3 is 14.8 Å². The van der Waals surface area contributed by atoms with E-state index in [0.29, 0.717) is 6.04 Å². The van der Waals surface area contributed by atoms with Crippen molar-refractivity contribution in [2.75, 3.05) is 32.3 Å². The van der Waals surface area contributed by atoms with E-state index in [1.54, 1.807) is 7.11 Å². The summed E-state index contributed by atoms with van der Waals surface area (Å²) in [6.07, 6.45) is 1.07. The van der Waals surface area contributed by atoms with E-state index in [0.717, 1.165) is 30.3 Å². The number of thioether (sulfide) groups is 1. The van der Waals surface area contributed by atoms with Gasteiger partial charge >= 0.3 is 0 Å². The molecule has 0 aromatic heterocycles. The van der Waals surface area contributed by atoms with Crippen LogP contribution in [0.15, 0.2) is 18.2 Å². The predicted octanol–water partition coefficient (Wildman–Crippen LogP) is 3.50. The zero-order valence-corrected chi connectivity index (χ0v) is 13.2. The minimum Gasteiger partial charge on any atom is -0.493 e. The number of hydrogen-bond acceptors (Lipinski definition) is 4. The van der Waals surface area contributed by atoms with E-state index < -0.39 is 0 Å². The van der Waals surface area contributed by atoms with Gasteiger partial charge in [0.15, 0.2) is 11.5 Å². The molecule has 0 aliphatic rings. The minimum absolute atomic E-state index is 0.309. The van der Waals surface area contributed by atoms with Gasteiger partial charge in [0, 0.05) is 6.04 Å². The number of methoxy groups -OCH3 is 1. The van der Waals surface area contributed by atoms with Crippen LogP contribution in [-0.4, -0.2) is 32.3 Å². The van der Waals surface area contributed by atoms with Crippen molar-refractivity contribution >= 4 is 11.8 Å². The summed E-state index contributed by atoms with van der Waals surface area (Å²) in [5.41, 5.74) is 1.20. The van der Waals surface area contributed by atoms with Gasteiger partial charge in [-0.3, -0.25) is 0 Å². The Hall–Kier alpha value is -0.870. The van der Waals surface area contributed by atoms with Gasteiger partial charge in [-0.15, -0.1) is 0 Å². The summed E-state index contributed by atoms with van der Waals surface area (Å²) in [5.74, 6) is 3.95. The first-order valence-electron chi connectivity index (χ1n) is 6.78. The first-order valence-corrected chi connectivity index (χ1v) is 7.94. The van der Waals surface area contributed by atoms with E-state index in [1.165, 1.54) is 11.3 Å². The lowest BCUT2D eigenvalue weighted by molar-refractivity contribution is 0.295. The fourth-order valence-electron chi connectivity index (χ4n) is 1.73. The summed E-state index contributed by atoms with van der Waals surface area (Å²) in [6, 6.07) is 6.43. The smallest absolute Gasteiger partial charge is 0.161 e. The van der Waals surface area contributed by atoms with E-state index in [2.05, 4.69) is 25.2 Å². The second-order valence-electron chi connectivity index (χ2n) is 4.32. The SMILES string of the molecule is CCSCCCOc1ccc(C(C)NC)cc1OC. The normalized spacial score (nSPS) is 12.2. The highest BCUT2D eigenvalue weighted by atomic mass is 32.2. The van der Waals surface area contributed by atoms with Crippen molar-refractivity contribution in [1.82, 2.24) is 5.32 Å². The zero-order chi connectivity index (χ0) is 14.1. The van der Waals surface area contributed by atoms with Crippen molar-refractivity contribution in [2.45, 2.75) is 26.3 Å². The molecule has 0 radical (unpaired) electrons. The van der Waals surface area contributed by atoms with Crippen LogP contribution in [0.5, 0.6) is 11.5 Å². The van der Waals surface area contributed by atoms with Crippen molar-refractivity contribution < 1.29 is 9.47 Å². The summed E-state index contributed by atoms with van der Waals surface area (Å²) in [7, 11) is 3.63. The van der Waals surface area contributed by atoms with Crippen LogP contribution < -0.4 is 14.8 Å². The largest absolute Gasteiger partial charge is 0.493 e. The summed E-state index contributed by atoms with van der Waals surface area (Å²) in [4.78, 5) is 0. The molecule has 1 rings (SSSR count). The Balaban J connectivity index is 2.58. The molecule has 4 heteroatoms. The quantitative estimate of drug-likeness (QED) is 0.703. The Labute approximate surface area is 121 Å². The highest BCUT2D eigenvalue weighted by molar-refractivity contribution is 7.99. The highest BCUT2D eigenvalue weighted by Gasteiger charge is 2.09. The number of benzene rings is 1. The predicted molar refractivity (Wildman–Crippen MR) is 83.6 cm³/mol. The maximum absolute atomic E-state index is 5.78. The lowest BCUT2D eigenvalue weighted by Crippen LogP contribution is -2.12. The topological polar surface area (TPSA) is 30.5 Å². The van der Waals surface area contributed by atoms with Gasteiger partial charge in [0.05, 0.1) is 13.7 Å². The van der Waals surface area contributed by atoms with Gasteiger partial charge in [-0.2, -0.15) is 11.8 Å². The zero-order valence-electron chi connectivity index (χ0n) is 12.4. The van der Waals surface area contributed by atoms with Gasteiger partial charge in [-0.1, -0.05) is 13.0 Å². The molecule has 0 saturated carbocycles. The lowest BCUT2D eigenvalue weighted by atomic mass is 10.1. The molecule has 1 N–H and O–H groups in total. The third-order valence-corrected chi connectivity index (χ3v) is 4.00. The molecule has 3 nitrogen and oxygen atoms in total. The molecule has 0 fully saturated rings. The Kier molecular flexibility index (Phi) is 7.75. The van der Waals surface area contributed by atoms with Crippen LogP contribution in [0.25, 0.3) is 0 Å². The van der Waals surface area contributed by atoms with E-state index >= 15 is 0 Å². The molecule has 0 amide bonds. The molecule has 1 aromatic rings. The van der Waals surface area contributed by atoms with Gasteiger partial charge in [-0.25, -0.2) is 0 Å². The van der Waals surface area contributed by atoms with Crippen LogP contribution in [0, 0.1) is 0 Å². The molecule has 1 unspecified atom stereocenters. The molecule has 0 bridgehead atoms. The number of hydrogen-bond donors (Lipinski definition) is 1. The van der Waals surface area contributed by atoms with E-state index in [1.807, 2.05) is 30.9 Å².